The molecule has 0 aliphatic rings. The SMILES string of the molecule is CC(C)c1cc(C#N)c(F)c(C(C)C)c1CC(=O)CS(=N)(=O)c1sc(C(C)(C)O)nc1CO. The second-order valence-electron chi connectivity index (χ2n) is 9.15. The molecule has 0 aliphatic heterocycles. The van der Waals surface area contributed by atoms with Crippen LogP contribution in [0.4, 0.5) is 4.39 Å². The maximum Gasteiger partial charge on any atom is 0.151 e. The Morgan fingerprint density at radius 2 is 1.94 bits per heavy atom. The lowest BCUT2D eigenvalue weighted by Gasteiger charge is -2.21. The highest BCUT2D eigenvalue weighted by Gasteiger charge is 2.30. The number of Topliss-reactive ketones (excluding diaryl/α,β-unsaturated/α-hetero) is 1. The molecule has 0 amide bonds. The number of aliphatic hydroxyl groups is 2. The summed E-state index contributed by atoms with van der Waals surface area (Å²) in [5, 5.41) is 29.3. The highest BCUT2D eigenvalue weighted by atomic mass is 32.2. The Labute approximate surface area is 198 Å². The summed E-state index contributed by atoms with van der Waals surface area (Å²) in [6, 6.07) is 3.32. The number of ketones is 1. The molecule has 0 radical (unpaired) electrons. The van der Waals surface area contributed by atoms with E-state index in [0.29, 0.717) is 11.1 Å². The third-order valence-corrected chi connectivity index (χ3v) is 8.96. The summed E-state index contributed by atoms with van der Waals surface area (Å²) in [5.41, 5.74) is -0.0367. The van der Waals surface area contributed by atoms with Crippen molar-refractivity contribution in [2.75, 3.05) is 5.75 Å². The number of carbonyl (C=O) groups is 1. The van der Waals surface area contributed by atoms with Crippen LogP contribution in [-0.2, 0) is 33.2 Å². The first-order chi connectivity index (χ1) is 15.1. The number of nitrogens with one attached hydrogen (secondary N) is 1. The molecule has 0 fully saturated rings. The van der Waals surface area contributed by atoms with Crippen molar-refractivity contribution in [3.05, 3.63) is 44.8 Å². The Balaban J connectivity index is 2.49. The Kier molecular flexibility index (Phi) is 8.18. The van der Waals surface area contributed by atoms with Crippen molar-refractivity contribution >= 4 is 26.8 Å². The Bertz CT molecular complexity index is 1200. The molecule has 1 aromatic heterocycles. The van der Waals surface area contributed by atoms with Crippen LogP contribution >= 0.6 is 11.3 Å². The number of thiazole rings is 1. The zero-order valence-corrected chi connectivity index (χ0v) is 21.3. The molecule has 0 spiro atoms. The number of nitriles is 1. The van der Waals surface area contributed by atoms with Crippen LogP contribution in [0.1, 0.15) is 86.3 Å². The van der Waals surface area contributed by atoms with Crippen LogP contribution in [-0.4, -0.2) is 30.9 Å². The van der Waals surface area contributed by atoms with E-state index in [9.17, 15) is 24.5 Å². The van der Waals surface area contributed by atoms with Gasteiger partial charge in [0.05, 0.1) is 33.3 Å². The van der Waals surface area contributed by atoms with Crippen LogP contribution in [0.15, 0.2) is 10.3 Å². The number of halogens is 1. The number of nitrogens with zero attached hydrogens (tertiary/aromatic N) is 2. The summed E-state index contributed by atoms with van der Waals surface area (Å²) in [7, 11) is -3.66. The van der Waals surface area contributed by atoms with E-state index in [2.05, 4.69) is 4.98 Å². The lowest BCUT2D eigenvalue weighted by Crippen LogP contribution is -2.20. The second kappa shape index (κ2) is 9.97. The molecular formula is C23H30FN3O4S2. The van der Waals surface area contributed by atoms with Crippen LogP contribution in [0, 0.1) is 21.9 Å². The van der Waals surface area contributed by atoms with E-state index in [1.807, 2.05) is 19.9 Å². The lowest BCUT2D eigenvalue weighted by atomic mass is 9.84. The van der Waals surface area contributed by atoms with E-state index in [1.54, 1.807) is 13.8 Å². The fraction of sp³-hybridized carbons (Fsp3) is 0.522. The van der Waals surface area contributed by atoms with Gasteiger partial charge in [0.2, 0.25) is 0 Å². The summed E-state index contributed by atoms with van der Waals surface area (Å²) in [4.78, 5) is 17.1. The van der Waals surface area contributed by atoms with Gasteiger partial charge in [-0.3, -0.25) is 4.79 Å². The molecule has 2 rings (SSSR count). The maximum atomic E-state index is 15.0. The van der Waals surface area contributed by atoms with Gasteiger partial charge in [-0.25, -0.2) is 18.4 Å². The summed E-state index contributed by atoms with van der Waals surface area (Å²) in [5.74, 6) is -2.20. The van der Waals surface area contributed by atoms with Gasteiger partial charge in [-0.2, -0.15) is 5.26 Å². The highest BCUT2D eigenvalue weighted by molar-refractivity contribution is 7.95. The Morgan fingerprint density at radius 1 is 1.33 bits per heavy atom. The van der Waals surface area contributed by atoms with E-state index in [0.717, 1.165) is 11.3 Å². The third kappa shape index (κ3) is 5.84. The van der Waals surface area contributed by atoms with Crippen molar-refractivity contribution in [3.63, 3.8) is 0 Å². The molecule has 1 aromatic carbocycles. The van der Waals surface area contributed by atoms with Gasteiger partial charge in [0.25, 0.3) is 0 Å². The van der Waals surface area contributed by atoms with E-state index in [-0.39, 0.29) is 44.3 Å². The van der Waals surface area contributed by atoms with Gasteiger partial charge >= 0.3 is 0 Å². The predicted octanol–water partition coefficient (Wildman–Crippen LogP) is 4.34. The van der Waals surface area contributed by atoms with Gasteiger partial charge in [-0.15, -0.1) is 11.3 Å². The molecule has 33 heavy (non-hydrogen) atoms. The number of hydrogen-bond donors (Lipinski definition) is 3. The van der Waals surface area contributed by atoms with E-state index in [4.69, 9.17) is 4.78 Å². The topological polar surface area (TPSA) is 135 Å². The maximum absolute atomic E-state index is 15.0. The summed E-state index contributed by atoms with van der Waals surface area (Å²) >= 11 is 0.837. The smallest absolute Gasteiger partial charge is 0.151 e. The molecule has 1 unspecified atom stereocenters. The van der Waals surface area contributed by atoms with Gasteiger partial charge in [0.15, 0.2) is 5.78 Å². The Hall–Kier alpha value is -2.19. The molecule has 7 nitrogen and oxygen atoms in total. The molecule has 2 aromatic rings. The van der Waals surface area contributed by atoms with Gasteiger partial charge in [0, 0.05) is 6.42 Å². The monoisotopic (exact) mass is 495 g/mol. The van der Waals surface area contributed by atoms with Crippen molar-refractivity contribution in [3.8, 4) is 6.07 Å². The predicted molar refractivity (Wildman–Crippen MR) is 125 cm³/mol. The summed E-state index contributed by atoms with van der Waals surface area (Å²) in [6.45, 7) is 9.68. The van der Waals surface area contributed by atoms with Crippen molar-refractivity contribution in [1.82, 2.24) is 4.98 Å². The average molecular weight is 496 g/mol. The molecule has 180 valence electrons. The highest BCUT2D eigenvalue weighted by Crippen LogP contribution is 2.34. The average Bonchev–Trinajstić information content (AvgIpc) is 3.13. The van der Waals surface area contributed by atoms with E-state index < -0.39 is 39.3 Å². The van der Waals surface area contributed by atoms with Crippen molar-refractivity contribution in [1.29, 1.82) is 10.0 Å². The normalized spacial score (nSPS) is 13.9. The fourth-order valence-electron chi connectivity index (χ4n) is 3.63. The van der Waals surface area contributed by atoms with Gasteiger partial charge in [0.1, 0.15) is 26.7 Å². The number of carbonyl (C=O) groups excluding carboxylic acids is 1. The zero-order chi connectivity index (χ0) is 25.3. The molecule has 0 aliphatic carbocycles. The van der Waals surface area contributed by atoms with E-state index >= 15 is 4.39 Å². The number of benzene rings is 1. The molecule has 0 bridgehead atoms. The van der Waals surface area contributed by atoms with Gasteiger partial charge in [-0.1, -0.05) is 27.7 Å². The molecule has 3 N–H and O–H groups in total. The minimum atomic E-state index is -3.66. The molecule has 1 atom stereocenters. The minimum Gasteiger partial charge on any atom is -0.390 e. The number of hydrogen-bond acceptors (Lipinski definition) is 8. The summed E-state index contributed by atoms with van der Waals surface area (Å²) in [6.07, 6.45) is -0.231. The van der Waals surface area contributed by atoms with Gasteiger partial charge in [-0.05, 0) is 48.4 Å². The summed E-state index contributed by atoms with van der Waals surface area (Å²) < 4.78 is 36.6. The molecular weight excluding hydrogens is 465 g/mol. The van der Waals surface area contributed by atoms with E-state index in [1.165, 1.54) is 19.9 Å². The molecule has 0 saturated heterocycles. The van der Waals surface area contributed by atoms with Crippen LogP contribution in [0.2, 0.25) is 0 Å². The van der Waals surface area contributed by atoms with Crippen LogP contribution < -0.4 is 0 Å². The second-order valence-corrected chi connectivity index (χ2v) is 12.5. The standard InChI is InChI=1S/C23H30FN3O4S2/c1-12(2)16-7-14(9-25)20(24)19(13(3)4)17(16)8-15(29)11-33(26,31)21-18(10-28)27-22(32-21)23(5,6)30/h7,12-13,26,28,30H,8,10-11H2,1-6H3. The number of aromatic nitrogens is 1. The number of aliphatic hydroxyl groups excluding tert-OH is 1. The number of rotatable bonds is 9. The third-order valence-electron chi connectivity index (χ3n) is 5.14. The fourth-order valence-corrected chi connectivity index (χ4v) is 6.57. The quantitative estimate of drug-likeness (QED) is 0.474. The van der Waals surface area contributed by atoms with Crippen LogP contribution in [0.3, 0.4) is 0 Å². The van der Waals surface area contributed by atoms with Crippen molar-refractivity contribution < 1.29 is 23.6 Å². The Morgan fingerprint density at radius 3 is 2.39 bits per heavy atom. The van der Waals surface area contributed by atoms with Crippen molar-refractivity contribution in [2.24, 2.45) is 0 Å². The first-order valence-electron chi connectivity index (χ1n) is 10.5. The minimum absolute atomic E-state index is 0.0000754. The molecule has 10 heteroatoms. The largest absolute Gasteiger partial charge is 0.390 e. The first kappa shape index (κ1) is 27.1. The van der Waals surface area contributed by atoms with Crippen LogP contribution in [0.5, 0.6) is 0 Å². The van der Waals surface area contributed by atoms with Crippen molar-refractivity contribution in [2.45, 2.75) is 76.2 Å². The molecule has 0 saturated carbocycles. The van der Waals surface area contributed by atoms with Gasteiger partial charge < -0.3 is 10.2 Å². The van der Waals surface area contributed by atoms with Crippen LogP contribution in [0.25, 0.3) is 0 Å². The zero-order valence-electron chi connectivity index (χ0n) is 19.7. The molecule has 1 heterocycles. The first-order valence-corrected chi connectivity index (χ1v) is 13.0. The lowest BCUT2D eigenvalue weighted by molar-refractivity contribution is -0.116.